The van der Waals surface area contributed by atoms with Crippen molar-refractivity contribution in [1.29, 1.82) is 0 Å². The summed E-state index contributed by atoms with van der Waals surface area (Å²) >= 11 is 0. The Morgan fingerprint density at radius 3 is 2.72 bits per heavy atom. The number of methoxy groups -OCH3 is 2. The molecule has 0 spiro atoms. The van der Waals surface area contributed by atoms with Crippen molar-refractivity contribution in [2.45, 2.75) is 6.54 Å². The largest absolute Gasteiger partial charge is 0.497 e. The van der Waals surface area contributed by atoms with E-state index >= 15 is 0 Å². The van der Waals surface area contributed by atoms with Crippen LogP contribution in [-0.4, -0.2) is 29.0 Å². The van der Waals surface area contributed by atoms with Crippen LogP contribution in [0.5, 0.6) is 11.5 Å². The molecule has 0 saturated heterocycles. The summed E-state index contributed by atoms with van der Waals surface area (Å²) in [6.45, 7) is 0.583. The van der Waals surface area contributed by atoms with Crippen LogP contribution >= 0.6 is 0 Å². The van der Waals surface area contributed by atoms with Crippen molar-refractivity contribution in [1.82, 2.24) is 14.8 Å². The standard InChI is InChI=1S/C12H16N4O2/c1-16-12(14-8-15-16)7-13-10-5-4-9(17-2)6-11(10)18-3/h4-6,8,13H,7H2,1-3H3. The van der Waals surface area contributed by atoms with Gasteiger partial charge >= 0.3 is 0 Å². The third-order valence-electron chi connectivity index (χ3n) is 2.65. The van der Waals surface area contributed by atoms with E-state index in [1.54, 1.807) is 18.9 Å². The Kier molecular flexibility index (Phi) is 3.66. The number of aryl methyl sites for hydroxylation is 1. The van der Waals surface area contributed by atoms with Crippen molar-refractivity contribution in [2.24, 2.45) is 7.05 Å². The van der Waals surface area contributed by atoms with E-state index in [0.717, 1.165) is 23.0 Å². The number of hydrogen-bond donors (Lipinski definition) is 1. The Labute approximate surface area is 106 Å². The maximum absolute atomic E-state index is 5.30. The lowest BCUT2D eigenvalue weighted by Crippen LogP contribution is -2.07. The summed E-state index contributed by atoms with van der Waals surface area (Å²) in [5.74, 6) is 2.35. The molecule has 0 atom stereocenters. The second-order valence-electron chi connectivity index (χ2n) is 3.72. The number of hydrogen-bond acceptors (Lipinski definition) is 5. The fourth-order valence-electron chi connectivity index (χ4n) is 1.60. The van der Waals surface area contributed by atoms with E-state index in [1.807, 2.05) is 25.2 Å². The van der Waals surface area contributed by atoms with Crippen molar-refractivity contribution in [3.63, 3.8) is 0 Å². The molecule has 1 N–H and O–H groups in total. The van der Waals surface area contributed by atoms with Crippen molar-refractivity contribution in [3.05, 3.63) is 30.4 Å². The number of ether oxygens (including phenoxy) is 2. The monoisotopic (exact) mass is 248 g/mol. The fourth-order valence-corrected chi connectivity index (χ4v) is 1.60. The molecule has 2 aromatic rings. The van der Waals surface area contributed by atoms with E-state index in [4.69, 9.17) is 9.47 Å². The third kappa shape index (κ3) is 2.53. The summed E-state index contributed by atoms with van der Waals surface area (Å²) in [5.41, 5.74) is 0.890. The number of rotatable bonds is 5. The van der Waals surface area contributed by atoms with E-state index in [0.29, 0.717) is 6.54 Å². The van der Waals surface area contributed by atoms with Gasteiger partial charge in [-0.1, -0.05) is 0 Å². The summed E-state index contributed by atoms with van der Waals surface area (Å²) in [7, 11) is 5.11. The van der Waals surface area contributed by atoms with E-state index < -0.39 is 0 Å². The zero-order valence-electron chi connectivity index (χ0n) is 10.7. The topological polar surface area (TPSA) is 61.2 Å². The van der Waals surface area contributed by atoms with Gasteiger partial charge in [-0.25, -0.2) is 4.98 Å². The highest BCUT2D eigenvalue weighted by molar-refractivity contribution is 5.59. The van der Waals surface area contributed by atoms with Crippen molar-refractivity contribution in [3.8, 4) is 11.5 Å². The minimum absolute atomic E-state index is 0.583. The Morgan fingerprint density at radius 2 is 2.11 bits per heavy atom. The molecular formula is C12H16N4O2. The highest BCUT2D eigenvalue weighted by Crippen LogP contribution is 2.29. The third-order valence-corrected chi connectivity index (χ3v) is 2.65. The second-order valence-corrected chi connectivity index (χ2v) is 3.72. The van der Waals surface area contributed by atoms with Gasteiger partial charge < -0.3 is 14.8 Å². The maximum Gasteiger partial charge on any atom is 0.145 e. The molecule has 0 aliphatic heterocycles. The van der Waals surface area contributed by atoms with E-state index in [-0.39, 0.29) is 0 Å². The van der Waals surface area contributed by atoms with E-state index in [1.165, 1.54) is 6.33 Å². The predicted molar refractivity (Wildman–Crippen MR) is 67.9 cm³/mol. The van der Waals surface area contributed by atoms with E-state index in [9.17, 15) is 0 Å². The zero-order valence-corrected chi connectivity index (χ0v) is 10.7. The molecule has 1 heterocycles. The van der Waals surface area contributed by atoms with Crippen LogP contribution in [0.25, 0.3) is 0 Å². The van der Waals surface area contributed by atoms with Crippen LogP contribution in [0.3, 0.4) is 0 Å². The lowest BCUT2D eigenvalue weighted by Gasteiger charge is -2.12. The number of anilines is 1. The predicted octanol–water partition coefficient (Wildman–Crippen LogP) is 1.44. The molecule has 6 heteroatoms. The SMILES string of the molecule is COc1ccc(NCc2ncnn2C)c(OC)c1. The summed E-state index contributed by atoms with van der Waals surface area (Å²) < 4.78 is 12.2. The van der Waals surface area contributed by atoms with Gasteiger partial charge in [-0.3, -0.25) is 4.68 Å². The van der Waals surface area contributed by atoms with Crippen LogP contribution in [0.4, 0.5) is 5.69 Å². The van der Waals surface area contributed by atoms with Crippen LogP contribution in [0.15, 0.2) is 24.5 Å². The summed E-state index contributed by atoms with van der Waals surface area (Å²) in [4.78, 5) is 4.14. The Morgan fingerprint density at radius 1 is 1.28 bits per heavy atom. The normalized spacial score (nSPS) is 10.2. The van der Waals surface area contributed by atoms with Crippen LogP contribution in [0.2, 0.25) is 0 Å². The molecule has 0 fully saturated rings. The minimum Gasteiger partial charge on any atom is -0.497 e. The number of aromatic nitrogens is 3. The molecule has 18 heavy (non-hydrogen) atoms. The molecule has 0 saturated carbocycles. The first-order valence-corrected chi connectivity index (χ1v) is 5.53. The van der Waals surface area contributed by atoms with Crippen LogP contribution < -0.4 is 14.8 Å². The Bertz CT molecular complexity index is 525. The van der Waals surface area contributed by atoms with Gasteiger partial charge in [0.05, 0.1) is 26.5 Å². The minimum atomic E-state index is 0.583. The maximum atomic E-state index is 5.30. The molecule has 0 unspecified atom stereocenters. The van der Waals surface area contributed by atoms with Gasteiger partial charge in [0.2, 0.25) is 0 Å². The van der Waals surface area contributed by atoms with Gasteiger partial charge in [-0.2, -0.15) is 5.10 Å². The van der Waals surface area contributed by atoms with Gasteiger partial charge in [0, 0.05) is 13.1 Å². The molecule has 0 bridgehead atoms. The van der Waals surface area contributed by atoms with Crippen LogP contribution in [-0.2, 0) is 13.6 Å². The number of nitrogens with one attached hydrogen (secondary N) is 1. The highest BCUT2D eigenvalue weighted by atomic mass is 16.5. The molecule has 1 aromatic carbocycles. The average Bonchev–Trinajstić information content (AvgIpc) is 2.81. The van der Waals surface area contributed by atoms with Gasteiger partial charge in [0.25, 0.3) is 0 Å². The van der Waals surface area contributed by atoms with Gasteiger partial charge in [0.15, 0.2) is 0 Å². The van der Waals surface area contributed by atoms with Gasteiger partial charge in [-0.15, -0.1) is 0 Å². The first-order chi connectivity index (χ1) is 8.74. The molecular weight excluding hydrogens is 232 g/mol. The quantitative estimate of drug-likeness (QED) is 0.867. The summed E-state index contributed by atoms with van der Waals surface area (Å²) in [6, 6.07) is 5.62. The van der Waals surface area contributed by atoms with Crippen molar-refractivity contribution < 1.29 is 9.47 Å². The smallest absolute Gasteiger partial charge is 0.145 e. The average molecular weight is 248 g/mol. The van der Waals surface area contributed by atoms with Crippen molar-refractivity contribution >= 4 is 5.69 Å². The lowest BCUT2D eigenvalue weighted by atomic mass is 10.2. The fraction of sp³-hybridized carbons (Fsp3) is 0.333. The van der Waals surface area contributed by atoms with Crippen LogP contribution in [0.1, 0.15) is 5.82 Å². The Hall–Kier alpha value is -2.24. The molecule has 0 aliphatic carbocycles. The summed E-state index contributed by atoms with van der Waals surface area (Å²) in [6.07, 6.45) is 1.53. The first kappa shape index (κ1) is 12.2. The van der Waals surface area contributed by atoms with Gasteiger partial charge in [-0.05, 0) is 12.1 Å². The molecule has 0 radical (unpaired) electrons. The molecule has 0 amide bonds. The molecule has 96 valence electrons. The van der Waals surface area contributed by atoms with Crippen molar-refractivity contribution in [2.75, 3.05) is 19.5 Å². The van der Waals surface area contributed by atoms with E-state index in [2.05, 4.69) is 15.4 Å². The van der Waals surface area contributed by atoms with Crippen LogP contribution in [0, 0.1) is 0 Å². The second kappa shape index (κ2) is 5.39. The number of benzene rings is 1. The molecule has 6 nitrogen and oxygen atoms in total. The molecule has 0 aliphatic rings. The molecule has 1 aromatic heterocycles. The Balaban J connectivity index is 2.11. The zero-order chi connectivity index (χ0) is 13.0. The highest BCUT2D eigenvalue weighted by Gasteiger charge is 2.06. The van der Waals surface area contributed by atoms with Gasteiger partial charge in [0.1, 0.15) is 23.7 Å². The summed E-state index contributed by atoms with van der Waals surface area (Å²) in [5, 5.41) is 7.27. The first-order valence-electron chi connectivity index (χ1n) is 5.53. The lowest BCUT2D eigenvalue weighted by molar-refractivity contribution is 0.395. The molecule has 2 rings (SSSR count). The number of nitrogens with zero attached hydrogens (tertiary/aromatic N) is 3.